The first kappa shape index (κ1) is 33.5. The normalized spacial score (nSPS) is 11.2. The first-order valence-corrected chi connectivity index (χ1v) is 15.8. The van der Waals surface area contributed by atoms with Gasteiger partial charge in [0.15, 0.2) is 15.7 Å². The summed E-state index contributed by atoms with van der Waals surface area (Å²) in [4.78, 5) is 16.7. The standard InChI is InChI=1S/C16H16ClN5O2S.C11H13ClF2N6/c1-10-14(17)8-18-16(19-10)20-15-9-22(21-11(15)2)12-4-6-13(7-5-12)25(3,23)24;1-6-8(4-17-20(6)2)18-11-16-3-7(12)10(19-11)15-5-9(13)14/h4-9H,1-3H3,(H,18,19,20);3-4,9H,5H2,1-2H3,(H2,15,16,18,19). The summed E-state index contributed by atoms with van der Waals surface area (Å²) in [7, 11) is -1.42. The zero-order valence-corrected chi connectivity index (χ0v) is 27.0. The van der Waals surface area contributed by atoms with E-state index in [9.17, 15) is 17.2 Å². The number of hydrogen-bond donors (Lipinski definition) is 3. The SMILES string of the molecule is Cc1c(Nc2ncc(Cl)c(NCC(F)F)n2)cnn1C.Cc1nc(Nc2cn(-c3ccc(S(C)(=O)=O)cc3)nc2C)ncc1Cl. The summed E-state index contributed by atoms with van der Waals surface area (Å²) in [5.41, 5.74) is 4.55. The lowest BCUT2D eigenvalue weighted by atomic mass is 10.3. The van der Waals surface area contributed by atoms with Gasteiger partial charge in [-0.25, -0.2) is 36.8 Å². The minimum atomic E-state index is -3.22. The molecular formula is C27H29Cl2F2N11O2S. The Bertz CT molecular complexity index is 1900. The fraction of sp³-hybridized carbons (Fsp3) is 0.259. The summed E-state index contributed by atoms with van der Waals surface area (Å²) in [6, 6.07) is 6.52. The average Bonchev–Trinajstić information content (AvgIpc) is 3.51. The number of anilines is 5. The van der Waals surface area contributed by atoms with E-state index in [0.29, 0.717) is 16.7 Å². The molecule has 0 spiro atoms. The van der Waals surface area contributed by atoms with E-state index in [2.05, 4.69) is 46.1 Å². The number of sulfone groups is 1. The van der Waals surface area contributed by atoms with Gasteiger partial charge in [-0.3, -0.25) is 4.68 Å². The third kappa shape index (κ3) is 8.83. The van der Waals surface area contributed by atoms with E-state index >= 15 is 0 Å². The van der Waals surface area contributed by atoms with Gasteiger partial charge < -0.3 is 16.0 Å². The number of nitrogens with one attached hydrogen (secondary N) is 3. The third-order valence-corrected chi connectivity index (χ3v) is 8.02. The summed E-state index contributed by atoms with van der Waals surface area (Å²) in [5, 5.41) is 17.7. The highest BCUT2D eigenvalue weighted by atomic mass is 35.5. The lowest BCUT2D eigenvalue weighted by Gasteiger charge is -2.09. The topological polar surface area (TPSA) is 157 Å². The Kier molecular flexibility index (Phi) is 10.5. The number of aryl methyl sites for hydroxylation is 3. The van der Waals surface area contributed by atoms with Crippen LogP contribution in [0, 0.1) is 20.8 Å². The molecule has 0 bridgehead atoms. The van der Waals surface area contributed by atoms with Crippen LogP contribution in [0.25, 0.3) is 5.69 Å². The average molecular weight is 681 g/mol. The van der Waals surface area contributed by atoms with Crippen molar-refractivity contribution < 1.29 is 17.2 Å². The molecule has 0 aliphatic carbocycles. The van der Waals surface area contributed by atoms with Gasteiger partial charge >= 0.3 is 0 Å². The second-order valence-electron chi connectivity index (χ2n) is 9.65. The number of alkyl halides is 2. The second-order valence-corrected chi connectivity index (χ2v) is 12.5. The summed E-state index contributed by atoms with van der Waals surface area (Å²) in [6.45, 7) is 5.00. The zero-order valence-electron chi connectivity index (χ0n) is 24.7. The maximum atomic E-state index is 12.2. The van der Waals surface area contributed by atoms with Gasteiger partial charge in [-0.05, 0) is 45.0 Å². The van der Waals surface area contributed by atoms with E-state index in [0.717, 1.165) is 28.5 Å². The van der Waals surface area contributed by atoms with Crippen molar-refractivity contribution in [3.63, 3.8) is 0 Å². The van der Waals surface area contributed by atoms with Gasteiger partial charge in [-0.1, -0.05) is 23.2 Å². The summed E-state index contributed by atoms with van der Waals surface area (Å²) >= 11 is 11.8. The Balaban J connectivity index is 0.000000210. The van der Waals surface area contributed by atoms with Gasteiger partial charge in [0.05, 0.1) is 75.4 Å². The molecule has 0 fully saturated rings. The predicted octanol–water partition coefficient (Wildman–Crippen LogP) is 5.67. The summed E-state index contributed by atoms with van der Waals surface area (Å²) < 4.78 is 50.8. The van der Waals surface area contributed by atoms with E-state index in [1.165, 1.54) is 18.6 Å². The highest BCUT2D eigenvalue weighted by Crippen LogP contribution is 2.24. The highest BCUT2D eigenvalue weighted by Gasteiger charge is 2.12. The van der Waals surface area contributed by atoms with Crippen molar-refractivity contribution in [2.45, 2.75) is 32.1 Å². The monoisotopic (exact) mass is 679 g/mol. The molecule has 0 aliphatic heterocycles. The van der Waals surface area contributed by atoms with Gasteiger partial charge in [0.25, 0.3) is 6.43 Å². The molecule has 4 heterocycles. The Morgan fingerprint density at radius 3 is 2.09 bits per heavy atom. The van der Waals surface area contributed by atoms with Gasteiger partial charge in [0.1, 0.15) is 5.02 Å². The maximum Gasteiger partial charge on any atom is 0.255 e. The fourth-order valence-electron chi connectivity index (χ4n) is 3.66. The first-order valence-electron chi connectivity index (χ1n) is 13.1. The maximum absolute atomic E-state index is 12.2. The van der Waals surface area contributed by atoms with Crippen LogP contribution in [0.2, 0.25) is 10.0 Å². The van der Waals surface area contributed by atoms with Crippen LogP contribution in [-0.2, 0) is 16.9 Å². The van der Waals surface area contributed by atoms with Crippen molar-refractivity contribution in [2.24, 2.45) is 7.05 Å². The quantitative estimate of drug-likeness (QED) is 0.176. The molecule has 5 aromatic rings. The summed E-state index contributed by atoms with van der Waals surface area (Å²) in [6.07, 6.45) is 4.98. The molecule has 238 valence electrons. The molecule has 0 unspecified atom stereocenters. The lowest BCUT2D eigenvalue weighted by molar-refractivity contribution is 0.163. The number of aromatic nitrogens is 8. The molecule has 0 saturated carbocycles. The largest absolute Gasteiger partial charge is 0.363 e. The summed E-state index contributed by atoms with van der Waals surface area (Å²) in [5.74, 6) is 0.838. The Morgan fingerprint density at radius 2 is 1.51 bits per heavy atom. The molecule has 0 amide bonds. The molecule has 0 saturated heterocycles. The molecule has 0 atom stereocenters. The lowest BCUT2D eigenvalue weighted by Crippen LogP contribution is -2.12. The van der Waals surface area contributed by atoms with Crippen molar-refractivity contribution in [3.8, 4) is 5.69 Å². The Labute approximate surface area is 268 Å². The number of benzene rings is 1. The first-order chi connectivity index (χ1) is 21.2. The van der Waals surface area contributed by atoms with Crippen molar-refractivity contribution in [3.05, 3.63) is 76.2 Å². The van der Waals surface area contributed by atoms with Crippen LogP contribution in [0.15, 0.2) is 53.9 Å². The van der Waals surface area contributed by atoms with Crippen LogP contribution < -0.4 is 16.0 Å². The van der Waals surface area contributed by atoms with Crippen molar-refractivity contribution in [1.29, 1.82) is 0 Å². The van der Waals surface area contributed by atoms with Crippen LogP contribution in [0.3, 0.4) is 0 Å². The van der Waals surface area contributed by atoms with E-state index in [-0.39, 0.29) is 21.7 Å². The van der Waals surface area contributed by atoms with Crippen LogP contribution >= 0.6 is 23.2 Å². The minimum Gasteiger partial charge on any atom is -0.363 e. The van der Waals surface area contributed by atoms with Crippen LogP contribution in [0.5, 0.6) is 0 Å². The fourth-order valence-corrected chi connectivity index (χ4v) is 4.54. The highest BCUT2D eigenvalue weighted by molar-refractivity contribution is 7.90. The van der Waals surface area contributed by atoms with Crippen molar-refractivity contribution in [1.82, 2.24) is 39.5 Å². The minimum absolute atomic E-state index is 0.158. The van der Waals surface area contributed by atoms with Crippen LogP contribution in [0.1, 0.15) is 17.1 Å². The van der Waals surface area contributed by atoms with Crippen LogP contribution in [-0.4, -0.2) is 67.1 Å². The second kappa shape index (κ2) is 14.1. The molecule has 4 aromatic heterocycles. The van der Waals surface area contributed by atoms with E-state index in [1.54, 1.807) is 60.0 Å². The molecule has 0 radical (unpaired) electrons. The molecule has 5 rings (SSSR count). The van der Waals surface area contributed by atoms with Gasteiger partial charge in [-0.15, -0.1) is 0 Å². The van der Waals surface area contributed by atoms with Gasteiger partial charge in [0.2, 0.25) is 11.9 Å². The van der Waals surface area contributed by atoms with Gasteiger partial charge in [-0.2, -0.15) is 15.2 Å². The zero-order chi connectivity index (χ0) is 32.9. The third-order valence-electron chi connectivity index (χ3n) is 6.24. The Morgan fingerprint density at radius 1 is 0.889 bits per heavy atom. The molecular weight excluding hydrogens is 651 g/mol. The molecule has 1 aromatic carbocycles. The number of rotatable bonds is 9. The molecule has 3 N–H and O–H groups in total. The molecule has 13 nitrogen and oxygen atoms in total. The number of nitrogens with zero attached hydrogens (tertiary/aromatic N) is 8. The van der Waals surface area contributed by atoms with E-state index < -0.39 is 22.8 Å². The molecule has 18 heteroatoms. The van der Waals surface area contributed by atoms with Crippen LogP contribution in [0.4, 0.5) is 37.9 Å². The Hall–Kier alpha value is -4.41. The number of hydrogen-bond acceptors (Lipinski definition) is 11. The van der Waals surface area contributed by atoms with Crippen molar-refractivity contribution >= 4 is 62.1 Å². The molecule has 45 heavy (non-hydrogen) atoms. The smallest absolute Gasteiger partial charge is 0.255 e. The van der Waals surface area contributed by atoms with E-state index in [4.69, 9.17) is 23.2 Å². The molecule has 0 aliphatic rings. The predicted molar refractivity (Wildman–Crippen MR) is 169 cm³/mol. The van der Waals surface area contributed by atoms with E-state index in [1.807, 2.05) is 13.8 Å². The van der Waals surface area contributed by atoms with Crippen molar-refractivity contribution in [2.75, 3.05) is 28.8 Å². The van der Waals surface area contributed by atoms with Gasteiger partial charge in [0, 0.05) is 13.3 Å². The number of halogens is 4.